The van der Waals surface area contributed by atoms with Gasteiger partial charge in [-0.1, -0.05) is 13.8 Å². The van der Waals surface area contributed by atoms with E-state index < -0.39 is 0 Å². The highest BCUT2D eigenvalue weighted by molar-refractivity contribution is 5.79. The number of carbonyl (C=O) groups is 1. The van der Waals surface area contributed by atoms with Gasteiger partial charge in [-0.2, -0.15) is 5.26 Å². The fraction of sp³-hybridized carbons (Fsp3) is 0.857. The molecule has 18 heavy (non-hydrogen) atoms. The van der Waals surface area contributed by atoms with E-state index in [4.69, 9.17) is 5.26 Å². The van der Waals surface area contributed by atoms with E-state index in [0.29, 0.717) is 6.42 Å². The molecule has 2 unspecified atom stereocenters. The smallest absolute Gasteiger partial charge is 0.224 e. The molecule has 0 aromatic heterocycles. The summed E-state index contributed by atoms with van der Waals surface area (Å²) in [6.07, 6.45) is 4.46. The second kappa shape index (κ2) is 8.10. The molecular formula is C14H25N3O. The van der Waals surface area contributed by atoms with Gasteiger partial charge in [0.05, 0.1) is 18.4 Å². The fourth-order valence-corrected chi connectivity index (χ4v) is 2.52. The minimum atomic E-state index is 0.0176. The van der Waals surface area contributed by atoms with Crippen molar-refractivity contribution in [1.82, 2.24) is 10.2 Å². The van der Waals surface area contributed by atoms with Crippen LogP contribution in [0.4, 0.5) is 0 Å². The number of nitrogens with zero attached hydrogens (tertiary/aromatic N) is 2. The number of nitrogens with one attached hydrogen (secondary N) is 1. The molecule has 1 rings (SSSR count). The quantitative estimate of drug-likeness (QED) is 0.784. The Bertz CT molecular complexity index is 296. The SMILES string of the molecule is CCCN1CCCC(C(=O)NC(CC)CC#N)C1. The highest BCUT2D eigenvalue weighted by Gasteiger charge is 2.26. The van der Waals surface area contributed by atoms with Crippen molar-refractivity contribution >= 4 is 5.91 Å². The van der Waals surface area contributed by atoms with Gasteiger partial charge in [0.25, 0.3) is 0 Å². The van der Waals surface area contributed by atoms with Crippen LogP contribution in [0.2, 0.25) is 0 Å². The number of amides is 1. The number of nitriles is 1. The molecule has 0 radical (unpaired) electrons. The van der Waals surface area contributed by atoms with E-state index in [1.54, 1.807) is 0 Å². The van der Waals surface area contributed by atoms with E-state index in [1.807, 2.05) is 6.92 Å². The third kappa shape index (κ3) is 4.66. The molecular weight excluding hydrogens is 226 g/mol. The van der Waals surface area contributed by atoms with Gasteiger partial charge in [-0.05, 0) is 38.8 Å². The van der Waals surface area contributed by atoms with E-state index >= 15 is 0 Å². The van der Waals surface area contributed by atoms with Gasteiger partial charge in [0, 0.05) is 12.6 Å². The van der Waals surface area contributed by atoms with Gasteiger partial charge < -0.3 is 10.2 Å². The number of carbonyl (C=O) groups excluding carboxylic acids is 1. The average Bonchev–Trinajstić information content (AvgIpc) is 2.39. The van der Waals surface area contributed by atoms with Crippen LogP contribution in [0.1, 0.15) is 46.0 Å². The molecule has 1 aliphatic heterocycles. The van der Waals surface area contributed by atoms with Crippen LogP contribution in [-0.2, 0) is 4.79 Å². The zero-order valence-electron chi connectivity index (χ0n) is 11.6. The lowest BCUT2D eigenvalue weighted by atomic mass is 9.96. The van der Waals surface area contributed by atoms with Crippen LogP contribution in [0.25, 0.3) is 0 Å². The summed E-state index contributed by atoms with van der Waals surface area (Å²) < 4.78 is 0. The van der Waals surface area contributed by atoms with Crippen molar-refractivity contribution in [2.75, 3.05) is 19.6 Å². The van der Waals surface area contributed by atoms with E-state index in [0.717, 1.165) is 45.3 Å². The average molecular weight is 251 g/mol. The molecule has 4 heteroatoms. The first kappa shape index (κ1) is 15.0. The number of likely N-dealkylation sites (tertiary alicyclic amines) is 1. The van der Waals surface area contributed by atoms with Gasteiger partial charge in [-0.3, -0.25) is 4.79 Å². The van der Waals surface area contributed by atoms with Gasteiger partial charge >= 0.3 is 0 Å². The molecule has 0 aromatic rings. The molecule has 4 nitrogen and oxygen atoms in total. The molecule has 1 saturated heterocycles. The van der Waals surface area contributed by atoms with Crippen LogP contribution in [-0.4, -0.2) is 36.5 Å². The van der Waals surface area contributed by atoms with Gasteiger partial charge in [-0.15, -0.1) is 0 Å². The van der Waals surface area contributed by atoms with Crippen LogP contribution >= 0.6 is 0 Å². The Hall–Kier alpha value is -1.08. The van der Waals surface area contributed by atoms with E-state index in [-0.39, 0.29) is 17.9 Å². The Morgan fingerprint density at radius 1 is 1.56 bits per heavy atom. The Kier molecular flexibility index (Phi) is 6.74. The molecule has 1 amide bonds. The lowest BCUT2D eigenvalue weighted by Crippen LogP contribution is -2.45. The van der Waals surface area contributed by atoms with Crippen LogP contribution in [0, 0.1) is 17.2 Å². The third-order valence-corrected chi connectivity index (χ3v) is 3.59. The highest BCUT2D eigenvalue weighted by Crippen LogP contribution is 2.17. The molecule has 102 valence electrons. The Morgan fingerprint density at radius 2 is 2.33 bits per heavy atom. The van der Waals surface area contributed by atoms with Crippen LogP contribution in [0.5, 0.6) is 0 Å². The van der Waals surface area contributed by atoms with Crippen molar-refractivity contribution in [2.24, 2.45) is 5.92 Å². The first-order valence-corrected chi connectivity index (χ1v) is 7.10. The zero-order valence-corrected chi connectivity index (χ0v) is 11.6. The lowest BCUT2D eigenvalue weighted by Gasteiger charge is -2.32. The first-order valence-electron chi connectivity index (χ1n) is 7.10. The lowest BCUT2D eigenvalue weighted by molar-refractivity contribution is -0.127. The summed E-state index contributed by atoms with van der Waals surface area (Å²) in [5.74, 6) is 0.246. The Labute approximate surface area is 110 Å². The number of hydrogen-bond acceptors (Lipinski definition) is 3. The summed E-state index contributed by atoms with van der Waals surface area (Å²) >= 11 is 0. The zero-order chi connectivity index (χ0) is 13.4. The van der Waals surface area contributed by atoms with Gasteiger partial charge in [0.15, 0.2) is 0 Å². The van der Waals surface area contributed by atoms with E-state index in [1.165, 1.54) is 0 Å². The van der Waals surface area contributed by atoms with Crippen LogP contribution in [0.15, 0.2) is 0 Å². The largest absolute Gasteiger partial charge is 0.352 e. The monoisotopic (exact) mass is 251 g/mol. The topological polar surface area (TPSA) is 56.1 Å². The summed E-state index contributed by atoms with van der Waals surface area (Å²) in [5, 5.41) is 11.7. The third-order valence-electron chi connectivity index (χ3n) is 3.59. The fourth-order valence-electron chi connectivity index (χ4n) is 2.52. The van der Waals surface area contributed by atoms with Crippen molar-refractivity contribution < 1.29 is 4.79 Å². The molecule has 1 N–H and O–H groups in total. The second-order valence-electron chi connectivity index (χ2n) is 5.12. The van der Waals surface area contributed by atoms with Crippen molar-refractivity contribution in [1.29, 1.82) is 5.26 Å². The minimum absolute atomic E-state index is 0.0176. The van der Waals surface area contributed by atoms with Gasteiger partial charge in [0.2, 0.25) is 5.91 Å². The normalized spacial score (nSPS) is 22.2. The van der Waals surface area contributed by atoms with E-state index in [2.05, 4.69) is 23.2 Å². The molecule has 0 spiro atoms. The summed E-state index contributed by atoms with van der Waals surface area (Å²) in [6.45, 7) is 7.26. The molecule has 1 fully saturated rings. The number of piperidine rings is 1. The van der Waals surface area contributed by atoms with Gasteiger partial charge in [0.1, 0.15) is 0 Å². The maximum Gasteiger partial charge on any atom is 0.224 e. The minimum Gasteiger partial charge on any atom is -0.352 e. The van der Waals surface area contributed by atoms with Crippen LogP contribution < -0.4 is 5.32 Å². The summed E-state index contributed by atoms with van der Waals surface area (Å²) in [5.41, 5.74) is 0. The summed E-state index contributed by atoms with van der Waals surface area (Å²) in [7, 11) is 0. The Morgan fingerprint density at radius 3 is 2.94 bits per heavy atom. The maximum absolute atomic E-state index is 12.1. The maximum atomic E-state index is 12.1. The second-order valence-corrected chi connectivity index (χ2v) is 5.12. The van der Waals surface area contributed by atoms with E-state index in [9.17, 15) is 4.79 Å². The predicted molar refractivity (Wildman–Crippen MR) is 71.9 cm³/mol. The highest BCUT2D eigenvalue weighted by atomic mass is 16.2. The number of rotatable bonds is 6. The molecule has 0 aromatic carbocycles. The number of hydrogen-bond donors (Lipinski definition) is 1. The Balaban J connectivity index is 2.43. The standard InChI is InChI=1S/C14H25N3O/c1-3-9-17-10-5-6-12(11-17)14(18)16-13(4-2)7-8-15/h12-13H,3-7,9-11H2,1-2H3,(H,16,18). The molecule has 1 aliphatic rings. The first-order chi connectivity index (χ1) is 8.71. The van der Waals surface area contributed by atoms with Crippen molar-refractivity contribution in [3.63, 3.8) is 0 Å². The molecule has 0 aliphatic carbocycles. The molecule has 2 atom stereocenters. The molecule has 1 heterocycles. The van der Waals surface area contributed by atoms with Crippen molar-refractivity contribution in [3.05, 3.63) is 0 Å². The molecule has 0 saturated carbocycles. The van der Waals surface area contributed by atoms with Crippen LogP contribution in [0.3, 0.4) is 0 Å². The summed E-state index contributed by atoms with van der Waals surface area (Å²) in [6, 6.07) is 2.15. The van der Waals surface area contributed by atoms with Gasteiger partial charge in [-0.25, -0.2) is 0 Å². The predicted octanol–water partition coefficient (Wildman–Crippen LogP) is 1.92. The summed E-state index contributed by atoms with van der Waals surface area (Å²) in [4.78, 5) is 14.5. The van der Waals surface area contributed by atoms with Crippen molar-refractivity contribution in [2.45, 2.75) is 52.0 Å². The molecule has 0 bridgehead atoms. The van der Waals surface area contributed by atoms with Crippen molar-refractivity contribution in [3.8, 4) is 6.07 Å².